The molecule has 0 N–H and O–H groups in total. The summed E-state index contributed by atoms with van der Waals surface area (Å²) in [5.74, 6) is -2.11. The number of rotatable bonds is 3. The summed E-state index contributed by atoms with van der Waals surface area (Å²) in [6.45, 7) is 4.25. The van der Waals surface area contributed by atoms with Gasteiger partial charge in [0.2, 0.25) is 12.1 Å². The highest BCUT2D eigenvalue weighted by Gasteiger charge is 2.40. The fourth-order valence-corrected chi connectivity index (χ4v) is 3.50. The van der Waals surface area contributed by atoms with Crippen molar-refractivity contribution in [3.05, 3.63) is 34.6 Å². The third-order valence-corrected chi connectivity index (χ3v) is 5.10. The van der Waals surface area contributed by atoms with Gasteiger partial charge in [0.15, 0.2) is 0 Å². The molecule has 1 aromatic rings. The lowest BCUT2D eigenvalue weighted by Gasteiger charge is -2.36. The van der Waals surface area contributed by atoms with E-state index in [0.29, 0.717) is 12.5 Å². The van der Waals surface area contributed by atoms with E-state index in [1.165, 1.54) is 0 Å². The number of carbonyl (C=O) groups excluding carboxylic acids is 1. The number of carbonyl (C=O) groups is 1. The Labute approximate surface area is 154 Å². The Morgan fingerprint density at radius 3 is 2.30 bits per heavy atom. The molecule has 150 valence electrons. The first-order chi connectivity index (χ1) is 12.7. The van der Waals surface area contributed by atoms with Crippen LogP contribution in [0.15, 0.2) is 12.1 Å². The Bertz CT molecular complexity index is 688. The Morgan fingerprint density at radius 1 is 1.07 bits per heavy atom. The van der Waals surface area contributed by atoms with E-state index >= 15 is 0 Å². The van der Waals surface area contributed by atoms with Crippen molar-refractivity contribution in [1.29, 1.82) is 0 Å². The van der Waals surface area contributed by atoms with E-state index in [-0.39, 0.29) is 30.8 Å². The van der Waals surface area contributed by atoms with Crippen molar-refractivity contribution in [2.24, 2.45) is 11.8 Å². The fourth-order valence-electron chi connectivity index (χ4n) is 3.50. The normalized spacial score (nSPS) is 29.6. The van der Waals surface area contributed by atoms with Crippen molar-refractivity contribution in [2.45, 2.75) is 45.3 Å². The van der Waals surface area contributed by atoms with Crippen LogP contribution in [-0.2, 0) is 20.4 Å². The van der Waals surface area contributed by atoms with Crippen LogP contribution >= 0.6 is 0 Å². The maximum absolute atomic E-state index is 14.4. The SMILES string of the molecule is Cc1ccc(C(=O)C2OCC([C@@H]3CCC(C)CO3)CO2)c(F)c1C(F)(F)F. The molecule has 3 rings (SSSR count). The second-order valence-corrected chi connectivity index (χ2v) is 7.29. The molecule has 27 heavy (non-hydrogen) atoms. The Kier molecular flexibility index (Phi) is 5.88. The van der Waals surface area contributed by atoms with Gasteiger partial charge in [-0.2, -0.15) is 13.2 Å². The van der Waals surface area contributed by atoms with Gasteiger partial charge in [-0.15, -0.1) is 0 Å². The molecule has 0 amide bonds. The van der Waals surface area contributed by atoms with Crippen molar-refractivity contribution in [3.63, 3.8) is 0 Å². The summed E-state index contributed by atoms with van der Waals surface area (Å²) in [7, 11) is 0. The van der Waals surface area contributed by atoms with Gasteiger partial charge in [-0.1, -0.05) is 13.0 Å². The molecule has 0 aromatic heterocycles. The van der Waals surface area contributed by atoms with Crippen LogP contribution in [0.2, 0.25) is 0 Å². The predicted molar refractivity (Wildman–Crippen MR) is 87.8 cm³/mol. The van der Waals surface area contributed by atoms with E-state index in [1.54, 1.807) is 0 Å². The van der Waals surface area contributed by atoms with Crippen LogP contribution in [0.3, 0.4) is 0 Å². The zero-order chi connectivity index (χ0) is 19.8. The number of benzene rings is 1. The Balaban J connectivity index is 1.68. The lowest BCUT2D eigenvalue weighted by Crippen LogP contribution is -2.44. The number of hydrogen-bond donors (Lipinski definition) is 0. The largest absolute Gasteiger partial charge is 0.419 e. The van der Waals surface area contributed by atoms with E-state index < -0.39 is 35.2 Å². The number of hydrogen-bond acceptors (Lipinski definition) is 4. The van der Waals surface area contributed by atoms with Crippen molar-refractivity contribution >= 4 is 5.78 Å². The molecule has 0 bridgehead atoms. The quantitative estimate of drug-likeness (QED) is 0.575. The molecule has 2 aliphatic heterocycles. The number of ether oxygens (including phenoxy) is 3. The van der Waals surface area contributed by atoms with Crippen LogP contribution in [0.4, 0.5) is 17.6 Å². The van der Waals surface area contributed by atoms with Crippen LogP contribution in [0.5, 0.6) is 0 Å². The average molecular weight is 390 g/mol. The highest BCUT2D eigenvalue weighted by molar-refractivity contribution is 5.99. The molecule has 4 nitrogen and oxygen atoms in total. The Hall–Kier alpha value is -1.51. The monoisotopic (exact) mass is 390 g/mol. The zero-order valence-electron chi connectivity index (χ0n) is 15.1. The van der Waals surface area contributed by atoms with Gasteiger partial charge >= 0.3 is 6.18 Å². The topological polar surface area (TPSA) is 44.8 Å². The molecular formula is C19H22F4O4. The van der Waals surface area contributed by atoms with Gasteiger partial charge < -0.3 is 14.2 Å². The number of ketones is 1. The molecule has 1 unspecified atom stereocenters. The fraction of sp³-hybridized carbons (Fsp3) is 0.632. The lowest BCUT2D eigenvalue weighted by molar-refractivity contribution is -0.201. The number of alkyl halides is 3. The lowest BCUT2D eigenvalue weighted by atomic mass is 9.92. The van der Waals surface area contributed by atoms with Gasteiger partial charge in [-0.25, -0.2) is 4.39 Å². The Morgan fingerprint density at radius 2 is 1.74 bits per heavy atom. The standard InChI is InChI=1S/C19H22F4O4/c1-10-3-6-14(25-7-10)12-8-26-18(27-9-12)17(24)13-5-4-11(2)15(16(13)20)19(21,22)23/h4-5,10,12,14,18H,3,6-9H2,1-2H3/t10?,12?,14-,18?/m0/s1. The summed E-state index contributed by atoms with van der Waals surface area (Å²) in [6, 6.07) is 2.11. The van der Waals surface area contributed by atoms with E-state index in [4.69, 9.17) is 14.2 Å². The molecule has 2 heterocycles. The van der Waals surface area contributed by atoms with Crippen molar-refractivity contribution in [2.75, 3.05) is 19.8 Å². The first kappa shape index (κ1) is 20.2. The maximum Gasteiger partial charge on any atom is 0.419 e. The van der Waals surface area contributed by atoms with E-state index in [0.717, 1.165) is 31.9 Å². The molecule has 0 saturated carbocycles. The first-order valence-corrected chi connectivity index (χ1v) is 8.93. The van der Waals surface area contributed by atoms with Gasteiger partial charge in [0.25, 0.3) is 0 Å². The minimum atomic E-state index is -4.89. The molecule has 1 aromatic carbocycles. The summed E-state index contributed by atoms with van der Waals surface area (Å²) in [5, 5.41) is 0. The second kappa shape index (κ2) is 7.85. The van der Waals surface area contributed by atoms with Crippen LogP contribution in [0, 0.1) is 24.6 Å². The minimum absolute atomic E-state index is 0.0369. The van der Waals surface area contributed by atoms with Crippen LogP contribution in [0.25, 0.3) is 0 Å². The van der Waals surface area contributed by atoms with Crippen molar-refractivity contribution < 1.29 is 36.6 Å². The third-order valence-electron chi connectivity index (χ3n) is 5.10. The van der Waals surface area contributed by atoms with Gasteiger partial charge in [0.05, 0.1) is 30.4 Å². The number of halogens is 4. The van der Waals surface area contributed by atoms with Gasteiger partial charge in [-0.05, 0) is 37.3 Å². The molecule has 0 aliphatic carbocycles. The molecule has 8 heteroatoms. The van der Waals surface area contributed by atoms with Crippen LogP contribution in [0.1, 0.15) is 41.3 Å². The van der Waals surface area contributed by atoms with Crippen LogP contribution < -0.4 is 0 Å². The van der Waals surface area contributed by atoms with Gasteiger partial charge in [-0.3, -0.25) is 4.79 Å². The number of aryl methyl sites for hydroxylation is 1. The van der Waals surface area contributed by atoms with Gasteiger partial charge in [0, 0.05) is 12.5 Å². The second-order valence-electron chi connectivity index (χ2n) is 7.29. The first-order valence-electron chi connectivity index (χ1n) is 8.93. The van der Waals surface area contributed by atoms with Crippen LogP contribution in [-0.4, -0.2) is 38.0 Å². The molecule has 2 aliphatic rings. The average Bonchev–Trinajstić information content (AvgIpc) is 2.61. The molecule has 0 radical (unpaired) electrons. The van der Waals surface area contributed by atoms with E-state index in [9.17, 15) is 22.4 Å². The zero-order valence-corrected chi connectivity index (χ0v) is 15.1. The predicted octanol–water partition coefficient (Wildman–Crippen LogP) is 4.14. The molecular weight excluding hydrogens is 368 g/mol. The van der Waals surface area contributed by atoms with Crippen molar-refractivity contribution in [1.82, 2.24) is 0 Å². The molecule has 0 spiro atoms. The summed E-state index contributed by atoms with van der Waals surface area (Å²) in [6.07, 6.45) is -4.46. The summed E-state index contributed by atoms with van der Waals surface area (Å²) in [5.41, 5.74) is -2.41. The molecule has 2 saturated heterocycles. The summed E-state index contributed by atoms with van der Waals surface area (Å²) >= 11 is 0. The maximum atomic E-state index is 14.4. The summed E-state index contributed by atoms with van der Waals surface area (Å²) in [4.78, 5) is 12.4. The highest BCUT2D eigenvalue weighted by Crippen LogP contribution is 2.36. The molecule has 2 atom stereocenters. The smallest absolute Gasteiger partial charge is 0.377 e. The van der Waals surface area contributed by atoms with Crippen molar-refractivity contribution in [3.8, 4) is 0 Å². The minimum Gasteiger partial charge on any atom is -0.377 e. The van der Waals surface area contributed by atoms with E-state index in [1.807, 2.05) is 0 Å². The van der Waals surface area contributed by atoms with Gasteiger partial charge in [0.1, 0.15) is 5.82 Å². The highest BCUT2D eigenvalue weighted by atomic mass is 19.4. The van der Waals surface area contributed by atoms with E-state index in [2.05, 4.69) is 6.92 Å². The summed E-state index contributed by atoms with van der Waals surface area (Å²) < 4.78 is 70.1. The third kappa shape index (κ3) is 4.33. The molecule has 2 fully saturated rings. The number of Topliss-reactive ketones (excluding diaryl/α,β-unsaturated/α-hetero) is 1.